The number of aliphatic carboxylic acids is 1. The summed E-state index contributed by atoms with van der Waals surface area (Å²) in [4.78, 5) is 25.0. The number of hydrogen-bond acceptors (Lipinski definition) is 7. The largest absolute Gasteiger partial charge is 0.486 e. The maximum Gasteiger partial charge on any atom is 0.339 e. The minimum absolute atomic E-state index is 0.0335. The van der Waals surface area contributed by atoms with Crippen molar-refractivity contribution >= 4 is 11.9 Å². The molecule has 2 heterocycles. The van der Waals surface area contributed by atoms with Crippen molar-refractivity contribution in [1.29, 1.82) is 0 Å². The van der Waals surface area contributed by atoms with Gasteiger partial charge in [0, 0.05) is 22.5 Å². The van der Waals surface area contributed by atoms with Gasteiger partial charge < -0.3 is 35.7 Å². The number of benzene rings is 1. The zero-order valence-corrected chi connectivity index (χ0v) is 21.0. The highest BCUT2D eigenvalue weighted by molar-refractivity contribution is 5.95. The zero-order chi connectivity index (χ0) is 26.0. The Morgan fingerprint density at radius 2 is 1.97 bits per heavy atom. The minimum atomic E-state index is -1.10. The Bertz CT molecular complexity index is 1200. The highest BCUT2D eigenvalue weighted by Gasteiger charge is 2.41. The van der Waals surface area contributed by atoms with Crippen LogP contribution in [0.1, 0.15) is 44.5 Å². The van der Waals surface area contributed by atoms with Crippen molar-refractivity contribution in [3.05, 3.63) is 70.2 Å². The Hall–Kier alpha value is -3.72. The molecule has 0 spiro atoms. The summed E-state index contributed by atoms with van der Waals surface area (Å²) in [6, 6.07) is 4.80. The first kappa shape index (κ1) is 25.4. The van der Waals surface area contributed by atoms with Crippen LogP contribution in [0.5, 0.6) is 11.5 Å². The van der Waals surface area contributed by atoms with Gasteiger partial charge in [-0.2, -0.15) is 0 Å². The molecule has 4 rings (SSSR count). The van der Waals surface area contributed by atoms with Crippen molar-refractivity contribution in [2.75, 3.05) is 19.8 Å². The monoisotopic (exact) mass is 495 g/mol. The Morgan fingerprint density at radius 3 is 2.64 bits per heavy atom. The van der Waals surface area contributed by atoms with E-state index in [9.17, 15) is 14.7 Å². The molecule has 0 bridgehead atoms. The van der Waals surface area contributed by atoms with Gasteiger partial charge in [-0.05, 0) is 49.6 Å². The molecule has 3 aliphatic rings. The second kappa shape index (κ2) is 10.1. The summed E-state index contributed by atoms with van der Waals surface area (Å²) in [7, 11) is 0. The number of carboxylic acids is 1. The number of ether oxygens (including phenoxy) is 3. The van der Waals surface area contributed by atoms with Gasteiger partial charge >= 0.3 is 5.97 Å². The van der Waals surface area contributed by atoms with E-state index in [1.54, 1.807) is 25.1 Å². The summed E-state index contributed by atoms with van der Waals surface area (Å²) < 4.78 is 17.6. The van der Waals surface area contributed by atoms with Gasteiger partial charge in [0.25, 0.3) is 5.91 Å². The van der Waals surface area contributed by atoms with Crippen LogP contribution in [0.4, 0.5) is 0 Å². The van der Waals surface area contributed by atoms with Gasteiger partial charge in [0.2, 0.25) is 0 Å². The number of dihydropyridines is 1. The van der Waals surface area contributed by atoms with Crippen LogP contribution in [0, 0.1) is 5.92 Å². The Labute approximate surface area is 210 Å². The second-order valence-electron chi connectivity index (χ2n) is 9.39. The smallest absolute Gasteiger partial charge is 0.339 e. The van der Waals surface area contributed by atoms with E-state index in [0.717, 1.165) is 0 Å². The molecule has 1 amide bonds. The Morgan fingerprint density at radius 1 is 1.25 bits per heavy atom. The van der Waals surface area contributed by atoms with Gasteiger partial charge in [0.05, 0.1) is 18.3 Å². The van der Waals surface area contributed by atoms with Crippen LogP contribution in [0.3, 0.4) is 0 Å². The first-order valence-corrected chi connectivity index (χ1v) is 12.1. The molecular weight excluding hydrogens is 462 g/mol. The molecule has 2 aliphatic heterocycles. The fourth-order valence-electron chi connectivity index (χ4n) is 4.63. The summed E-state index contributed by atoms with van der Waals surface area (Å²) in [6.45, 7) is 8.76. The number of amides is 1. The summed E-state index contributed by atoms with van der Waals surface area (Å²) in [5.41, 5.74) is 7.92. The van der Waals surface area contributed by atoms with Crippen molar-refractivity contribution in [2.24, 2.45) is 11.7 Å². The summed E-state index contributed by atoms with van der Waals surface area (Å²) >= 11 is 0. The van der Waals surface area contributed by atoms with E-state index in [1.807, 2.05) is 39.0 Å². The predicted octanol–water partition coefficient (Wildman–Crippen LogP) is 3.01. The maximum atomic E-state index is 13.1. The van der Waals surface area contributed by atoms with Gasteiger partial charge in [0.15, 0.2) is 11.5 Å². The first-order valence-electron chi connectivity index (χ1n) is 12.1. The molecule has 1 aromatic rings. The molecule has 1 aliphatic carbocycles. The topological polar surface area (TPSA) is 132 Å². The number of carbonyl (C=O) groups excluding carboxylic acids is 1. The van der Waals surface area contributed by atoms with Crippen LogP contribution >= 0.6 is 0 Å². The number of carboxylic acid groups (broad SMARTS) is 1. The highest BCUT2D eigenvalue weighted by Crippen LogP contribution is 2.40. The van der Waals surface area contributed by atoms with Crippen molar-refractivity contribution in [1.82, 2.24) is 10.6 Å². The average molecular weight is 496 g/mol. The lowest BCUT2D eigenvalue weighted by Gasteiger charge is -2.40. The van der Waals surface area contributed by atoms with Crippen molar-refractivity contribution < 1.29 is 28.9 Å². The second-order valence-corrected chi connectivity index (χ2v) is 9.39. The first-order chi connectivity index (χ1) is 17.2. The third kappa shape index (κ3) is 4.70. The van der Waals surface area contributed by atoms with Crippen LogP contribution in [0.2, 0.25) is 0 Å². The molecule has 1 aromatic carbocycles. The number of nitrogens with two attached hydrogens (primary N) is 1. The van der Waals surface area contributed by atoms with E-state index in [2.05, 4.69) is 10.6 Å². The molecule has 2 atom stereocenters. The number of carbonyl (C=O) groups is 2. The molecule has 0 radical (unpaired) electrons. The van der Waals surface area contributed by atoms with Crippen molar-refractivity contribution in [3.63, 3.8) is 0 Å². The predicted molar refractivity (Wildman–Crippen MR) is 134 cm³/mol. The highest BCUT2D eigenvalue weighted by atomic mass is 16.6. The number of nitrogens with one attached hydrogen (secondary N) is 2. The Kier molecular flexibility index (Phi) is 7.12. The lowest BCUT2D eigenvalue weighted by molar-refractivity contribution is -0.132. The van der Waals surface area contributed by atoms with Gasteiger partial charge in [-0.15, -0.1) is 0 Å². The van der Waals surface area contributed by atoms with E-state index in [1.165, 1.54) is 0 Å². The van der Waals surface area contributed by atoms with Gasteiger partial charge in [-0.3, -0.25) is 4.79 Å². The summed E-state index contributed by atoms with van der Waals surface area (Å²) in [5, 5.41) is 16.0. The molecule has 0 fully saturated rings. The molecule has 2 unspecified atom stereocenters. The molecule has 0 saturated carbocycles. The van der Waals surface area contributed by atoms with Crippen LogP contribution in [0.25, 0.3) is 0 Å². The Balaban J connectivity index is 1.56. The lowest BCUT2D eigenvalue weighted by atomic mass is 9.80. The fourth-order valence-corrected chi connectivity index (χ4v) is 4.63. The van der Waals surface area contributed by atoms with E-state index >= 15 is 0 Å². The van der Waals surface area contributed by atoms with Gasteiger partial charge in [-0.1, -0.05) is 26.8 Å². The molecule has 0 saturated heterocycles. The number of rotatable bonds is 8. The van der Waals surface area contributed by atoms with Gasteiger partial charge in [0.1, 0.15) is 24.4 Å². The number of fused-ring (bicyclic) bond motifs is 2. The maximum absolute atomic E-state index is 13.1. The van der Waals surface area contributed by atoms with E-state index in [0.29, 0.717) is 53.7 Å². The van der Waals surface area contributed by atoms with E-state index in [4.69, 9.17) is 19.9 Å². The van der Waals surface area contributed by atoms with Crippen molar-refractivity contribution in [2.45, 2.75) is 45.8 Å². The lowest BCUT2D eigenvalue weighted by Crippen LogP contribution is -2.47. The number of allylic oxidation sites excluding steroid dienone is 3. The van der Waals surface area contributed by atoms with Crippen LogP contribution < -0.4 is 25.8 Å². The SMILES string of the molecule is CCC1(OCC(NC(=O)c2ccc3c(c2)OCCO3)C(C)C)C=CC=C2NC(C)=C(C(=O)O)C(N)=C21. The van der Waals surface area contributed by atoms with E-state index in [-0.39, 0.29) is 35.7 Å². The minimum Gasteiger partial charge on any atom is -0.486 e. The molecule has 36 heavy (non-hydrogen) atoms. The zero-order valence-electron chi connectivity index (χ0n) is 21.0. The molecule has 5 N–H and O–H groups in total. The third-order valence-electron chi connectivity index (χ3n) is 6.74. The molecule has 9 heteroatoms. The summed E-state index contributed by atoms with van der Waals surface area (Å²) in [5.74, 6) is -0.112. The molecular formula is C27H33N3O6. The summed E-state index contributed by atoms with van der Waals surface area (Å²) in [6.07, 6.45) is 6.14. The third-order valence-corrected chi connectivity index (χ3v) is 6.74. The number of hydrogen-bond donors (Lipinski definition) is 4. The van der Waals surface area contributed by atoms with Crippen LogP contribution in [0.15, 0.2) is 64.7 Å². The molecule has 0 aromatic heterocycles. The van der Waals surface area contributed by atoms with Crippen LogP contribution in [-0.4, -0.2) is 48.4 Å². The van der Waals surface area contributed by atoms with E-state index < -0.39 is 11.6 Å². The van der Waals surface area contributed by atoms with Gasteiger partial charge in [-0.25, -0.2) is 4.79 Å². The molecule has 192 valence electrons. The normalized spacial score (nSPS) is 21.5. The average Bonchev–Trinajstić information content (AvgIpc) is 2.85. The quantitative estimate of drug-likeness (QED) is 0.433. The van der Waals surface area contributed by atoms with Crippen LogP contribution in [-0.2, 0) is 9.53 Å². The van der Waals surface area contributed by atoms with Crippen molar-refractivity contribution in [3.8, 4) is 11.5 Å². The molecule has 9 nitrogen and oxygen atoms in total. The standard InChI is InChI=1S/C27H33N3O6/c1-5-27(10-6-7-18-23(27)24(28)22(26(32)33)16(4)29-18)36-14-19(15(2)3)30-25(31)17-8-9-20-21(13-17)35-12-11-34-20/h6-10,13,15,19,29H,5,11-12,14,28H2,1-4H3,(H,30,31)(H,32,33). The fraction of sp³-hybridized carbons (Fsp3) is 0.407.